The monoisotopic (exact) mass is 517 g/mol. The number of hydrazone groups is 1. The molecule has 1 aromatic heterocycles. The fourth-order valence-corrected chi connectivity index (χ4v) is 5.67. The van der Waals surface area contributed by atoms with Gasteiger partial charge in [0.2, 0.25) is 0 Å². The first-order chi connectivity index (χ1) is 17.6. The molecule has 0 saturated heterocycles. The van der Waals surface area contributed by atoms with Crippen molar-refractivity contribution >= 4 is 45.8 Å². The number of thioether (sulfide) groups is 1. The molecule has 0 aliphatic heterocycles. The highest BCUT2D eigenvalue weighted by Crippen LogP contribution is 2.35. The molecule has 36 heavy (non-hydrogen) atoms. The highest BCUT2D eigenvalue weighted by atomic mass is 35.5. The third kappa shape index (κ3) is 5.47. The van der Waals surface area contributed by atoms with Gasteiger partial charge in [0.15, 0.2) is 11.0 Å². The number of halogens is 1. The quantitative estimate of drug-likeness (QED) is 0.164. The molecule has 3 aromatic carbocycles. The van der Waals surface area contributed by atoms with E-state index in [2.05, 4.69) is 43.5 Å². The second-order valence-electron chi connectivity index (χ2n) is 9.02. The number of rotatable bonds is 7. The van der Waals surface area contributed by atoms with E-state index in [1.807, 2.05) is 55.5 Å². The Morgan fingerprint density at radius 3 is 2.58 bits per heavy atom. The van der Waals surface area contributed by atoms with Crippen molar-refractivity contribution in [1.82, 2.24) is 20.2 Å². The van der Waals surface area contributed by atoms with Crippen molar-refractivity contribution in [2.24, 2.45) is 5.10 Å². The molecule has 1 aliphatic rings. The van der Waals surface area contributed by atoms with E-state index in [-0.39, 0.29) is 11.7 Å². The van der Waals surface area contributed by atoms with E-state index in [4.69, 9.17) is 11.6 Å². The number of amides is 1. The van der Waals surface area contributed by atoms with Crippen LogP contribution >= 0.6 is 23.4 Å². The number of nitrogens with zero attached hydrogens (tertiary/aromatic N) is 4. The molecular weight excluding hydrogens is 490 g/mol. The minimum Gasteiger partial charge on any atom is -0.299 e. The van der Waals surface area contributed by atoms with Crippen LogP contribution in [-0.2, 0) is 4.79 Å². The third-order valence-electron chi connectivity index (χ3n) is 6.57. The second-order valence-corrected chi connectivity index (χ2v) is 10.4. The number of carbonyl (C=O) groups excluding carboxylic acids is 1. The van der Waals surface area contributed by atoms with E-state index in [0.717, 1.165) is 51.4 Å². The number of fused-ring (bicyclic) bond motifs is 1. The summed E-state index contributed by atoms with van der Waals surface area (Å²) in [5, 5.41) is 17.1. The van der Waals surface area contributed by atoms with Crippen LogP contribution in [0.1, 0.15) is 50.6 Å². The van der Waals surface area contributed by atoms with E-state index < -0.39 is 0 Å². The standard InChI is InChI=1S/C28H28ClN5OS/c1-19(24-13-7-9-20-8-5-6-12-25(20)24)30-31-26(35)18-36-28-33-32-27(21-14-16-22(29)17-15-21)34(28)23-10-3-2-4-11-23/h5-9,12-17,23H,2-4,10-11,18H2,1H3,(H,31,35)/b30-19-. The number of benzene rings is 3. The maximum absolute atomic E-state index is 12.7. The van der Waals surface area contributed by atoms with Crippen molar-refractivity contribution in [2.45, 2.75) is 50.2 Å². The van der Waals surface area contributed by atoms with Gasteiger partial charge in [0, 0.05) is 22.2 Å². The van der Waals surface area contributed by atoms with Gasteiger partial charge in [0.25, 0.3) is 5.91 Å². The summed E-state index contributed by atoms with van der Waals surface area (Å²) in [4.78, 5) is 12.7. The van der Waals surface area contributed by atoms with Crippen LogP contribution in [0.3, 0.4) is 0 Å². The second kappa shape index (κ2) is 11.3. The highest BCUT2D eigenvalue weighted by molar-refractivity contribution is 7.99. The van der Waals surface area contributed by atoms with E-state index in [0.29, 0.717) is 11.1 Å². The summed E-state index contributed by atoms with van der Waals surface area (Å²) in [5.41, 5.74) is 5.46. The molecule has 1 N–H and O–H groups in total. The summed E-state index contributed by atoms with van der Waals surface area (Å²) in [5.74, 6) is 0.856. The van der Waals surface area contributed by atoms with Crippen molar-refractivity contribution < 1.29 is 4.79 Å². The number of hydrogen-bond acceptors (Lipinski definition) is 5. The van der Waals surface area contributed by atoms with Gasteiger partial charge in [0.05, 0.1) is 11.5 Å². The van der Waals surface area contributed by atoms with Crippen LogP contribution < -0.4 is 5.43 Å². The van der Waals surface area contributed by atoms with Gasteiger partial charge < -0.3 is 0 Å². The SMILES string of the molecule is C/C(=N/NC(=O)CSc1nnc(-c2ccc(Cl)cc2)n1C1CCCCC1)c1cccc2ccccc12. The minimum absolute atomic E-state index is 0.175. The number of carbonyl (C=O) groups is 1. The van der Waals surface area contributed by atoms with Crippen LogP contribution in [0.5, 0.6) is 0 Å². The van der Waals surface area contributed by atoms with Gasteiger partial charge in [-0.05, 0) is 54.8 Å². The van der Waals surface area contributed by atoms with Crippen molar-refractivity contribution in [3.8, 4) is 11.4 Å². The summed E-state index contributed by atoms with van der Waals surface area (Å²) in [6, 6.07) is 22.3. The van der Waals surface area contributed by atoms with Gasteiger partial charge >= 0.3 is 0 Å². The molecule has 1 fully saturated rings. The minimum atomic E-state index is -0.175. The van der Waals surface area contributed by atoms with Crippen LogP contribution in [0, 0.1) is 0 Å². The molecule has 1 saturated carbocycles. The van der Waals surface area contributed by atoms with Gasteiger partial charge in [-0.3, -0.25) is 9.36 Å². The Balaban J connectivity index is 1.31. The first kappa shape index (κ1) is 24.5. The Bertz CT molecular complexity index is 1390. The molecule has 0 spiro atoms. The molecule has 1 heterocycles. The molecule has 184 valence electrons. The molecule has 4 aromatic rings. The summed E-state index contributed by atoms with van der Waals surface area (Å²) >= 11 is 7.49. The van der Waals surface area contributed by atoms with Crippen molar-refractivity contribution in [2.75, 3.05) is 5.75 Å². The van der Waals surface area contributed by atoms with Crippen molar-refractivity contribution in [3.63, 3.8) is 0 Å². The Morgan fingerprint density at radius 1 is 1.03 bits per heavy atom. The lowest BCUT2D eigenvalue weighted by atomic mass is 9.95. The smallest absolute Gasteiger partial charge is 0.250 e. The van der Waals surface area contributed by atoms with Gasteiger partial charge in [-0.1, -0.05) is 85.1 Å². The number of aromatic nitrogens is 3. The van der Waals surface area contributed by atoms with Crippen molar-refractivity contribution in [3.05, 3.63) is 77.3 Å². The third-order valence-corrected chi connectivity index (χ3v) is 7.76. The fourth-order valence-electron chi connectivity index (χ4n) is 4.75. The van der Waals surface area contributed by atoms with Gasteiger partial charge in [-0.15, -0.1) is 10.2 Å². The van der Waals surface area contributed by atoms with Crippen molar-refractivity contribution in [1.29, 1.82) is 0 Å². The molecule has 5 rings (SSSR count). The summed E-state index contributed by atoms with van der Waals surface area (Å²) < 4.78 is 2.21. The topological polar surface area (TPSA) is 72.2 Å². The summed E-state index contributed by atoms with van der Waals surface area (Å²) in [6.45, 7) is 1.91. The average molecular weight is 518 g/mol. The zero-order valence-electron chi connectivity index (χ0n) is 20.2. The Labute approximate surface area is 220 Å². The summed E-state index contributed by atoms with van der Waals surface area (Å²) in [7, 11) is 0. The largest absolute Gasteiger partial charge is 0.299 e. The molecule has 1 amide bonds. The first-order valence-electron chi connectivity index (χ1n) is 12.2. The predicted octanol–water partition coefficient (Wildman–Crippen LogP) is 6.89. The molecule has 0 radical (unpaired) electrons. The van der Waals surface area contributed by atoms with Crippen LogP contribution in [0.25, 0.3) is 22.2 Å². The Morgan fingerprint density at radius 2 is 1.78 bits per heavy atom. The molecular formula is C28H28ClN5OS. The molecule has 1 aliphatic carbocycles. The van der Waals surface area contributed by atoms with Gasteiger partial charge in [0.1, 0.15) is 0 Å². The maximum Gasteiger partial charge on any atom is 0.250 e. The molecule has 6 nitrogen and oxygen atoms in total. The fraction of sp³-hybridized carbons (Fsp3) is 0.286. The lowest BCUT2D eigenvalue weighted by Gasteiger charge is -2.25. The molecule has 8 heteroatoms. The summed E-state index contributed by atoms with van der Waals surface area (Å²) in [6.07, 6.45) is 5.82. The number of hydrogen-bond donors (Lipinski definition) is 1. The normalized spacial score (nSPS) is 14.8. The Kier molecular flexibility index (Phi) is 7.68. The molecule has 0 unspecified atom stereocenters. The predicted molar refractivity (Wildman–Crippen MR) is 148 cm³/mol. The highest BCUT2D eigenvalue weighted by Gasteiger charge is 2.24. The van der Waals surface area contributed by atoms with Gasteiger partial charge in [-0.25, -0.2) is 5.43 Å². The zero-order valence-corrected chi connectivity index (χ0v) is 21.7. The first-order valence-corrected chi connectivity index (χ1v) is 13.6. The molecule has 0 bridgehead atoms. The Hall–Kier alpha value is -3.16. The maximum atomic E-state index is 12.7. The lowest BCUT2D eigenvalue weighted by molar-refractivity contribution is -0.118. The van der Waals surface area contributed by atoms with Gasteiger partial charge in [-0.2, -0.15) is 5.10 Å². The molecule has 0 atom stereocenters. The van der Waals surface area contributed by atoms with Crippen LogP contribution in [0.2, 0.25) is 5.02 Å². The van der Waals surface area contributed by atoms with Crippen LogP contribution in [-0.4, -0.2) is 32.1 Å². The average Bonchev–Trinajstić information content (AvgIpc) is 3.35. The van der Waals surface area contributed by atoms with Crippen LogP contribution in [0.15, 0.2) is 77.0 Å². The van der Waals surface area contributed by atoms with E-state index in [1.165, 1.54) is 31.0 Å². The van der Waals surface area contributed by atoms with Crippen LogP contribution in [0.4, 0.5) is 0 Å². The van der Waals surface area contributed by atoms with E-state index in [9.17, 15) is 4.79 Å². The zero-order chi connectivity index (χ0) is 24.9. The van der Waals surface area contributed by atoms with E-state index in [1.54, 1.807) is 0 Å². The van der Waals surface area contributed by atoms with E-state index >= 15 is 0 Å². The number of nitrogens with one attached hydrogen (secondary N) is 1. The lowest BCUT2D eigenvalue weighted by Crippen LogP contribution is -2.22.